The molecule has 1 N–H and O–H groups in total. The maximum absolute atomic E-state index is 13.1. The fourth-order valence-electron chi connectivity index (χ4n) is 4.91. The lowest BCUT2D eigenvalue weighted by molar-refractivity contribution is 0.00166. The van der Waals surface area contributed by atoms with Gasteiger partial charge in [-0.15, -0.1) is 0 Å². The number of morpholine rings is 1. The van der Waals surface area contributed by atoms with Crippen molar-refractivity contribution in [3.05, 3.63) is 29.3 Å². The van der Waals surface area contributed by atoms with E-state index in [0.29, 0.717) is 50.9 Å². The molecule has 3 aliphatic rings. The SMILES string of the molecule is Cc1ccc(S(=O)(=O)N2CCCCC2)cc1C(=O)NCC(C1CCOC1)N1CCOCC1. The first-order valence-electron chi connectivity index (χ1n) is 11.8. The van der Waals surface area contributed by atoms with Crippen LogP contribution in [0.2, 0.25) is 0 Å². The van der Waals surface area contributed by atoms with Gasteiger partial charge in [0.2, 0.25) is 10.0 Å². The van der Waals surface area contributed by atoms with Gasteiger partial charge in [0.15, 0.2) is 0 Å². The molecule has 1 aromatic rings. The molecule has 2 unspecified atom stereocenters. The zero-order valence-electron chi connectivity index (χ0n) is 18.9. The van der Waals surface area contributed by atoms with E-state index in [-0.39, 0.29) is 16.8 Å². The van der Waals surface area contributed by atoms with Crippen molar-refractivity contribution in [2.24, 2.45) is 5.92 Å². The summed E-state index contributed by atoms with van der Waals surface area (Å²) >= 11 is 0. The minimum Gasteiger partial charge on any atom is -0.381 e. The van der Waals surface area contributed by atoms with E-state index in [1.807, 2.05) is 6.92 Å². The molecule has 0 radical (unpaired) electrons. The third-order valence-corrected chi connectivity index (χ3v) is 8.80. The van der Waals surface area contributed by atoms with Crippen LogP contribution in [0.3, 0.4) is 0 Å². The minimum absolute atomic E-state index is 0.186. The van der Waals surface area contributed by atoms with Crippen LogP contribution in [0.1, 0.15) is 41.6 Å². The van der Waals surface area contributed by atoms with Gasteiger partial charge in [0, 0.05) is 56.9 Å². The number of nitrogens with zero attached hydrogens (tertiary/aromatic N) is 2. The highest BCUT2D eigenvalue weighted by atomic mass is 32.2. The Labute approximate surface area is 191 Å². The van der Waals surface area contributed by atoms with E-state index in [4.69, 9.17) is 9.47 Å². The molecule has 0 aromatic heterocycles. The van der Waals surface area contributed by atoms with Crippen LogP contribution < -0.4 is 5.32 Å². The van der Waals surface area contributed by atoms with Gasteiger partial charge in [0.25, 0.3) is 5.91 Å². The number of ether oxygens (including phenoxy) is 2. The summed E-state index contributed by atoms with van der Waals surface area (Å²) in [6, 6.07) is 5.07. The standard InChI is InChI=1S/C23H35N3O5S/c1-18-5-6-20(32(28,29)26-8-3-2-4-9-26)15-21(18)23(27)24-16-22(19-7-12-31-17-19)25-10-13-30-14-11-25/h5-6,15,19,22H,2-4,7-14,16-17H2,1H3,(H,24,27). The van der Waals surface area contributed by atoms with Crippen LogP contribution in [-0.4, -0.2) is 88.7 Å². The number of carbonyl (C=O) groups is 1. The molecule has 8 nitrogen and oxygen atoms in total. The number of nitrogens with one attached hydrogen (secondary N) is 1. The van der Waals surface area contributed by atoms with Crippen molar-refractivity contribution in [1.82, 2.24) is 14.5 Å². The summed E-state index contributed by atoms with van der Waals surface area (Å²) in [4.78, 5) is 15.7. The number of hydrogen-bond acceptors (Lipinski definition) is 6. The van der Waals surface area contributed by atoms with Gasteiger partial charge in [-0.1, -0.05) is 12.5 Å². The van der Waals surface area contributed by atoms with Gasteiger partial charge in [-0.25, -0.2) is 8.42 Å². The van der Waals surface area contributed by atoms with Crippen LogP contribution in [0.5, 0.6) is 0 Å². The first-order valence-corrected chi connectivity index (χ1v) is 13.2. The third kappa shape index (κ3) is 5.34. The summed E-state index contributed by atoms with van der Waals surface area (Å²) in [5, 5.41) is 3.09. The Bertz CT molecular complexity index is 889. The monoisotopic (exact) mass is 465 g/mol. The van der Waals surface area contributed by atoms with Crippen LogP contribution in [0.25, 0.3) is 0 Å². The van der Waals surface area contributed by atoms with E-state index < -0.39 is 10.0 Å². The highest BCUT2D eigenvalue weighted by molar-refractivity contribution is 7.89. The predicted molar refractivity (Wildman–Crippen MR) is 121 cm³/mol. The molecule has 1 aromatic carbocycles. The third-order valence-electron chi connectivity index (χ3n) is 6.90. The Morgan fingerprint density at radius 2 is 1.84 bits per heavy atom. The second-order valence-electron chi connectivity index (χ2n) is 8.99. The minimum atomic E-state index is -3.58. The largest absolute Gasteiger partial charge is 0.381 e. The Balaban J connectivity index is 1.47. The van der Waals surface area contributed by atoms with Gasteiger partial charge in [-0.05, 0) is 43.9 Å². The number of rotatable bonds is 7. The summed E-state index contributed by atoms with van der Waals surface area (Å²) in [6.07, 6.45) is 3.81. The second-order valence-corrected chi connectivity index (χ2v) is 10.9. The number of amides is 1. The Morgan fingerprint density at radius 3 is 2.53 bits per heavy atom. The first kappa shape index (κ1) is 23.6. The molecule has 3 aliphatic heterocycles. The molecule has 9 heteroatoms. The van der Waals surface area contributed by atoms with Crippen LogP contribution in [0.4, 0.5) is 0 Å². The fraction of sp³-hybridized carbons (Fsp3) is 0.696. The predicted octanol–water partition coefficient (Wildman–Crippen LogP) is 1.64. The average Bonchev–Trinajstić information content (AvgIpc) is 3.35. The quantitative estimate of drug-likeness (QED) is 0.659. The fourth-order valence-corrected chi connectivity index (χ4v) is 6.46. The molecular formula is C23H35N3O5S. The summed E-state index contributed by atoms with van der Waals surface area (Å²) in [7, 11) is -3.58. The number of aryl methyl sites for hydroxylation is 1. The van der Waals surface area contributed by atoms with Crippen LogP contribution in [-0.2, 0) is 19.5 Å². The molecule has 3 saturated heterocycles. The zero-order chi connectivity index (χ0) is 22.6. The van der Waals surface area contributed by atoms with Gasteiger partial charge >= 0.3 is 0 Å². The molecule has 32 heavy (non-hydrogen) atoms. The summed E-state index contributed by atoms with van der Waals surface area (Å²) < 4.78 is 38.8. The van der Waals surface area contributed by atoms with Crippen LogP contribution >= 0.6 is 0 Å². The Hall–Kier alpha value is -1.52. The molecule has 4 rings (SSSR count). The number of hydrogen-bond donors (Lipinski definition) is 1. The molecule has 2 atom stereocenters. The molecule has 0 spiro atoms. The van der Waals surface area contributed by atoms with E-state index >= 15 is 0 Å². The lowest BCUT2D eigenvalue weighted by Gasteiger charge is -2.37. The van der Waals surface area contributed by atoms with Gasteiger partial charge in [0.05, 0.1) is 24.7 Å². The maximum atomic E-state index is 13.1. The lowest BCUT2D eigenvalue weighted by atomic mass is 9.96. The smallest absolute Gasteiger partial charge is 0.251 e. The van der Waals surface area contributed by atoms with Crippen LogP contribution in [0.15, 0.2) is 23.1 Å². The highest BCUT2D eigenvalue weighted by Gasteiger charge is 2.32. The van der Waals surface area contributed by atoms with Crippen LogP contribution in [0, 0.1) is 12.8 Å². The average molecular weight is 466 g/mol. The van der Waals surface area contributed by atoms with E-state index in [1.54, 1.807) is 12.1 Å². The molecule has 178 valence electrons. The van der Waals surface area contributed by atoms with E-state index in [2.05, 4.69) is 10.2 Å². The van der Waals surface area contributed by atoms with Crippen molar-refractivity contribution < 1.29 is 22.7 Å². The summed E-state index contributed by atoms with van der Waals surface area (Å²) in [6.45, 7) is 8.01. The van der Waals surface area contributed by atoms with Gasteiger partial charge in [0.1, 0.15) is 0 Å². The topological polar surface area (TPSA) is 88.2 Å². The van der Waals surface area contributed by atoms with Crippen molar-refractivity contribution in [3.8, 4) is 0 Å². The maximum Gasteiger partial charge on any atom is 0.251 e. The van der Waals surface area contributed by atoms with Gasteiger partial charge in [-0.3, -0.25) is 9.69 Å². The highest BCUT2D eigenvalue weighted by Crippen LogP contribution is 2.24. The molecular weight excluding hydrogens is 430 g/mol. The van der Waals surface area contributed by atoms with Crippen molar-refractivity contribution in [2.45, 2.75) is 43.5 Å². The summed E-state index contributed by atoms with van der Waals surface area (Å²) in [5.74, 6) is 0.149. The molecule has 0 bridgehead atoms. The Kier molecular flexibility index (Phi) is 7.83. The van der Waals surface area contributed by atoms with E-state index in [0.717, 1.165) is 50.9 Å². The normalized spacial score (nSPS) is 24.3. The lowest BCUT2D eigenvalue weighted by Crippen LogP contribution is -2.52. The number of sulfonamides is 1. The van der Waals surface area contributed by atoms with Crippen molar-refractivity contribution in [1.29, 1.82) is 0 Å². The first-order chi connectivity index (χ1) is 15.5. The van der Waals surface area contributed by atoms with Crippen molar-refractivity contribution in [2.75, 3.05) is 59.2 Å². The number of piperidine rings is 1. The molecule has 0 aliphatic carbocycles. The summed E-state index contributed by atoms with van der Waals surface area (Å²) in [5.41, 5.74) is 1.19. The van der Waals surface area contributed by atoms with E-state index in [1.165, 1.54) is 10.4 Å². The molecule has 1 amide bonds. The number of benzene rings is 1. The molecule has 3 fully saturated rings. The van der Waals surface area contributed by atoms with Gasteiger partial charge < -0.3 is 14.8 Å². The molecule has 0 saturated carbocycles. The van der Waals surface area contributed by atoms with Gasteiger partial charge in [-0.2, -0.15) is 4.31 Å². The van der Waals surface area contributed by atoms with Crippen molar-refractivity contribution in [3.63, 3.8) is 0 Å². The van der Waals surface area contributed by atoms with E-state index in [9.17, 15) is 13.2 Å². The number of carbonyl (C=O) groups excluding carboxylic acids is 1. The zero-order valence-corrected chi connectivity index (χ0v) is 19.7. The Morgan fingerprint density at radius 1 is 1.09 bits per heavy atom. The van der Waals surface area contributed by atoms with Crippen molar-refractivity contribution >= 4 is 15.9 Å². The second kappa shape index (κ2) is 10.6. The molecule has 3 heterocycles.